The predicted molar refractivity (Wildman–Crippen MR) is 108 cm³/mol. The second-order valence-corrected chi connectivity index (χ2v) is 8.10. The Morgan fingerprint density at radius 3 is 2.61 bits per heavy atom. The molecule has 2 N–H and O–H groups in total. The van der Waals surface area contributed by atoms with Crippen molar-refractivity contribution in [3.63, 3.8) is 0 Å². The van der Waals surface area contributed by atoms with Gasteiger partial charge in [0.05, 0.1) is 6.26 Å². The number of aliphatic imine (C=N–C) groups is 1. The molecule has 0 saturated heterocycles. The molecule has 0 unspecified atom stereocenters. The Morgan fingerprint density at radius 2 is 1.96 bits per heavy atom. The van der Waals surface area contributed by atoms with Crippen molar-refractivity contribution in [1.82, 2.24) is 10.0 Å². The maximum absolute atomic E-state index is 12.6. The van der Waals surface area contributed by atoms with E-state index in [1.165, 1.54) is 0 Å². The highest BCUT2D eigenvalue weighted by Gasteiger charge is 2.33. The Balaban J connectivity index is 1.72. The van der Waals surface area contributed by atoms with E-state index in [1.54, 1.807) is 24.5 Å². The van der Waals surface area contributed by atoms with Gasteiger partial charge in [-0.05, 0) is 31.0 Å². The fourth-order valence-corrected chi connectivity index (χ4v) is 4.54. The Morgan fingerprint density at radius 1 is 1.21 bits per heavy atom. The van der Waals surface area contributed by atoms with Gasteiger partial charge in [-0.3, -0.25) is 14.5 Å². The van der Waals surface area contributed by atoms with Gasteiger partial charge in [0.2, 0.25) is 5.91 Å². The van der Waals surface area contributed by atoms with Crippen LogP contribution < -0.4 is 10.0 Å². The van der Waals surface area contributed by atoms with Crippen molar-refractivity contribution in [3.8, 4) is 0 Å². The largest absolute Gasteiger partial charge is 0.469 e. The van der Waals surface area contributed by atoms with Crippen LogP contribution in [0.4, 0.5) is 0 Å². The van der Waals surface area contributed by atoms with Crippen molar-refractivity contribution in [1.29, 1.82) is 0 Å². The van der Waals surface area contributed by atoms with Gasteiger partial charge in [-0.2, -0.15) is 0 Å². The van der Waals surface area contributed by atoms with E-state index in [-0.39, 0.29) is 23.2 Å². The number of hydrogen-bond donors (Lipinski definition) is 2. The van der Waals surface area contributed by atoms with E-state index in [2.05, 4.69) is 15.0 Å². The molecule has 8 heteroatoms. The van der Waals surface area contributed by atoms with E-state index in [0.717, 1.165) is 11.3 Å². The molecule has 2 aromatic rings. The lowest BCUT2D eigenvalue weighted by molar-refractivity contribution is -0.119. The van der Waals surface area contributed by atoms with Gasteiger partial charge in [-0.15, -0.1) is 0 Å². The monoisotopic (exact) mass is 401 g/mol. The molecule has 0 fully saturated rings. The highest BCUT2D eigenvalue weighted by Crippen LogP contribution is 2.31. The van der Waals surface area contributed by atoms with Crippen molar-refractivity contribution in [2.24, 2.45) is 4.99 Å². The van der Waals surface area contributed by atoms with Gasteiger partial charge in [0, 0.05) is 18.5 Å². The highest BCUT2D eigenvalue weighted by molar-refractivity contribution is 8.00. The number of hydrogen-bond acceptors (Lipinski definition) is 5. The third-order valence-corrected chi connectivity index (χ3v) is 5.86. The number of aryl methyl sites for hydroxylation is 1. The van der Waals surface area contributed by atoms with E-state index in [1.807, 2.05) is 32.0 Å². The first kappa shape index (κ1) is 19.9. The highest BCUT2D eigenvalue weighted by atomic mass is 32.2. The van der Waals surface area contributed by atoms with Gasteiger partial charge in [-0.1, -0.05) is 36.8 Å². The van der Waals surface area contributed by atoms with E-state index in [9.17, 15) is 13.2 Å². The first-order chi connectivity index (χ1) is 13.4. The molecule has 1 aliphatic rings. The third-order valence-electron chi connectivity index (χ3n) is 4.38. The average Bonchev–Trinajstić information content (AvgIpc) is 3.26. The molecule has 3 rings (SSSR count). The van der Waals surface area contributed by atoms with Crippen LogP contribution in [0.5, 0.6) is 0 Å². The van der Waals surface area contributed by atoms with Crippen LogP contribution in [0, 0.1) is 6.92 Å². The van der Waals surface area contributed by atoms with Crippen molar-refractivity contribution in [2.75, 3.05) is 13.1 Å². The summed E-state index contributed by atoms with van der Waals surface area (Å²) >= 11 is 0. The Kier molecular flexibility index (Phi) is 5.99. The van der Waals surface area contributed by atoms with Crippen LogP contribution >= 0.6 is 0 Å². The van der Waals surface area contributed by atoms with E-state index >= 15 is 0 Å². The van der Waals surface area contributed by atoms with Crippen LogP contribution in [0.15, 0.2) is 57.6 Å². The molecule has 0 atom stereocenters. The molecule has 1 aromatic carbocycles. The van der Waals surface area contributed by atoms with Gasteiger partial charge < -0.3 is 9.73 Å². The Labute approximate surface area is 164 Å². The maximum atomic E-state index is 12.6. The van der Waals surface area contributed by atoms with Crippen LogP contribution in [-0.4, -0.2) is 33.3 Å². The number of amides is 1. The molecule has 1 aromatic heterocycles. The molecule has 0 aliphatic carbocycles. The number of sulfonamides is 1. The molecular weight excluding hydrogens is 378 g/mol. The molecule has 1 aliphatic heterocycles. The average molecular weight is 401 g/mol. The van der Waals surface area contributed by atoms with Gasteiger partial charge in [0.25, 0.3) is 10.0 Å². The van der Waals surface area contributed by atoms with E-state index in [0.29, 0.717) is 30.5 Å². The number of nitrogens with zero attached hydrogens (tertiary/aromatic N) is 1. The smallest absolute Gasteiger partial charge is 0.264 e. The van der Waals surface area contributed by atoms with Gasteiger partial charge in [-0.25, -0.2) is 8.42 Å². The summed E-state index contributed by atoms with van der Waals surface area (Å²) in [5, 5.41) is 2.75. The molecule has 1 amide bonds. The normalized spacial score (nSPS) is 17.0. The molecule has 28 heavy (non-hydrogen) atoms. The first-order valence-corrected chi connectivity index (χ1v) is 10.6. The lowest BCUT2D eigenvalue weighted by atomic mass is 10.1. The SMILES string of the molecule is CCC1=C(c2ccc(C)cc2)S(=O)(=O)NC1=NCC(=O)NCCc1ccco1. The second-order valence-electron chi connectivity index (χ2n) is 6.48. The zero-order valence-corrected chi connectivity index (χ0v) is 16.7. The molecule has 0 spiro atoms. The number of carbonyl (C=O) groups excluding carboxylic acids is 1. The quantitative estimate of drug-likeness (QED) is 0.744. The molecule has 0 saturated carbocycles. The number of carbonyl (C=O) groups is 1. The van der Waals surface area contributed by atoms with Gasteiger partial charge in [0.15, 0.2) is 0 Å². The third kappa shape index (κ3) is 4.51. The number of benzene rings is 1. The zero-order chi connectivity index (χ0) is 20.1. The fourth-order valence-electron chi connectivity index (χ4n) is 2.99. The molecule has 2 heterocycles. The standard InChI is InChI=1S/C20H23N3O4S/c1-3-17-19(15-8-6-14(2)7-9-15)28(25,26)23-20(17)22-13-18(24)21-11-10-16-5-4-12-27-16/h4-9,12H,3,10-11,13H2,1-2H3,(H,21,24)(H,22,23). The topological polar surface area (TPSA) is 101 Å². The number of rotatable bonds is 7. The van der Waals surface area contributed by atoms with Crippen LogP contribution in [0.1, 0.15) is 30.2 Å². The summed E-state index contributed by atoms with van der Waals surface area (Å²) in [4.78, 5) is 16.5. The summed E-state index contributed by atoms with van der Waals surface area (Å²) in [7, 11) is -3.70. The lowest BCUT2D eigenvalue weighted by Crippen LogP contribution is -2.30. The fraction of sp³-hybridized carbons (Fsp3) is 0.300. The van der Waals surface area contributed by atoms with Gasteiger partial charge in [0.1, 0.15) is 23.0 Å². The van der Waals surface area contributed by atoms with Crippen molar-refractivity contribution < 1.29 is 17.6 Å². The summed E-state index contributed by atoms with van der Waals surface area (Å²) in [5.74, 6) is 0.742. The predicted octanol–water partition coefficient (Wildman–Crippen LogP) is 2.40. The Bertz CT molecular complexity index is 1000. The Hall–Kier alpha value is -2.87. The van der Waals surface area contributed by atoms with Crippen LogP contribution in [0.25, 0.3) is 4.91 Å². The van der Waals surface area contributed by atoms with Crippen LogP contribution in [-0.2, 0) is 21.2 Å². The van der Waals surface area contributed by atoms with Crippen molar-refractivity contribution in [3.05, 3.63) is 65.1 Å². The van der Waals surface area contributed by atoms with Crippen LogP contribution in [0.3, 0.4) is 0 Å². The lowest BCUT2D eigenvalue weighted by Gasteiger charge is -2.04. The van der Waals surface area contributed by atoms with E-state index < -0.39 is 10.0 Å². The second kappa shape index (κ2) is 8.43. The zero-order valence-electron chi connectivity index (χ0n) is 15.9. The van der Waals surface area contributed by atoms with Crippen molar-refractivity contribution in [2.45, 2.75) is 26.7 Å². The number of furan rings is 1. The molecule has 7 nitrogen and oxygen atoms in total. The summed E-state index contributed by atoms with van der Waals surface area (Å²) in [6.07, 6.45) is 2.65. The first-order valence-electron chi connectivity index (χ1n) is 9.07. The molecule has 0 radical (unpaired) electrons. The maximum Gasteiger partial charge on any atom is 0.264 e. The van der Waals surface area contributed by atoms with Crippen LogP contribution in [0.2, 0.25) is 0 Å². The molecule has 148 valence electrons. The number of nitrogens with one attached hydrogen (secondary N) is 2. The summed E-state index contributed by atoms with van der Waals surface area (Å²) in [5.41, 5.74) is 2.25. The minimum absolute atomic E-state index is 0.152. The minimum atomic E-state index is -3.70. The molecule has 0 bridgehead atoms. The summed E-state index contributed by atoms with van der Waals surface area (Å²) in [6, 6.07) is 10.9. The molecular formula is C20H23N3O4S. The number of amidine groups is 1. The summed E-state index contributed by atoms with van der Waals surface area (Å²) in [6.45, 7) is 4.08. The van der Waals surface area contributed by atoms with Gasteiger partial charge >= 0.3 is 0 Å². The summed E-state index contributed by atoms with van der Waals surface area (Å²) < 4.78 is 32.9. The van der Waals surface area contributed by atoms with E-state index in [4.69, 9.17) is 4.42 Å². The minimum Gasteiger partial charge on any atom is -0.469 e. The van der Waals surface area contributed by atoms with Crippen molar-refractivity contribution >= 4 is 26.7 Å².